The van der Waals surface area contributed by atoms with Crippen LogP contribution in [-0.2, 0) is 16.0 Å². The van der Waals surface area contributed by atoms with Gasteiger partial charge in [-0.2, -0.15) is 13.2 Å². The second kappa shape index (κ2) is 4.94. The van der Waals surface area contributed by atoms with Crippen LogP contribution in [0.4, 0.5) is 13.2 Å². The second-order valence-corrected chi connectivity index (χ2v) is 6.24. The summed E-state index contributed by atoms with van der Waals surface area (Å²) >= 11 is 0. The molecule has 2 rings (SSSR count). The number of sulfone groups is 1. The number of benzene rings is 2. The molecule has 0 saturated carbocycles. The van der Waals surface area contributed by atoms with Gasteiger partial charge in [0.1, 0.15) is 0 Å². The van der Waals surface area contributed by atoms with Gasteiger partial charge in [0.15, 0.2) is 0 Å². The van der Waals surface area contributed by atoms with Gasteiger partial charge in [0.2, 0.25) is 9.84 Å². The summed E-state index contributed by atoms with van der Waals surface area (Å²) < 4.78 is 63.0. The molecule has 0 saturated heterocycles. The number of aryl methyl sites for hydroxylation is 1. The Balaban J connectivity index is 2.60. The maximum absolute atomic E-state index is 12.8. The van der Waals surface area contributed by atoms with Crippen molar-refractivity contribution >= 4 is 9.84 Å². The van der Waals surface area contributed by atoms with E-state index in [1.54, 1.807) is 6.07 Å². The Hall–Kier alpha value is -1.82. The van der Waals surface area contributed by atoms with Crippen molar-refractivity contribution in [2.45, 2.75) is 22.9 Å². The Morgan fingerprint density at radius 1 is 0.900 bits per heavy atom. The van der Waals surface area contributed by atoms with E-state index in [4.69, 9.17) is 0 Å². The minimum atomic E-state index is -4.58. The Labute approximate surface area is 114 Å². The van der Waals surface area contributed by atoms with E-state index in [1.807, 2.05) is 0 Å². The summed E-state index contributed by atoms with van der Waals surface area (Å²) in [6, 6.07) is 10.4. The van der Waals surface area contributed by atoms with Gasteiger partial charge in [-0.05, 0) is 36.8 Å². The van der Waals surface area contributed by atoms with E-state index in [9.17, 15) is 21.6 Å². The topological polar surface area (TPSA) is 34.1 Å². The van der Waals surface area contributed by atoms with E-state index in [0.29, 0.717) is 6.07 Å². The third-order valence-corrected chi connectivity index (χ3v) is 4.65. The minimum absolute atomic E-state index is 0.00971. The fraction of sp³-hybridized carbons (Fsp3) is 0.143. The fourth-order valence-electron chi connectivity index (χ4n) is 1.81. The first kappa shape index (κ1) is 14.6. The number of rotatable bonds is 2. The van der Waals surface area contributed by atoms with Gasteiger partial charge in [-0.1, -0.05) is 24.3 Å². The summed E-state index contributed by atoms with van der Waals surface area (Å²) in [5.74, 6) is 0. The third kappa shape index (κ3) is 2.70. The maximum Gasteiger partial charge on any atom is 0.416 e. The normalized spacial score (nSPS) is 12.4. The standard InChI is InChI=1S/C14H11F3O2S/c1-10-7-8-12(9-13(10)14(15,16)17)20(18,19)11-5-3-2-4-6-11/h2-9H,1H3. The zero-order valence-corrected chi connectivity index (χ0v) is 11.3. The SMILES string of the molecule is Cc1ccc(S(=O)(=O)c2ccccc2)cc1C(F)(F)F. The van der Waals surface area contributed by atoms with Crippen LogP contribution in [0.15, 0.2) is 58.3 Å². The molecule has 0 spiro atoms. The summed E-state index contributed by atoms with van der Waals surface area (Å²) in [4.78, 5) is -0.390. The van der Waals surface area contributed by atoms with E-state index in [0.717, 1.165) is 0 Å². The molecule has 0 radical (unpaired) electrons. The highest BCUT2D eigenvalue weighted by Crippen LogP contribution is 2.34. The summed E-state index contributed by atoms with van der Waals surface area (Å²) in [5, 5.41) is 0. The Kier molecular flexibility index (Phi) is 3.60. The summed E-state index contributed by atoms with van der Waals surface area (Å²) in [6.07, 6.45) is -4.58. The molecule has 0 bridgehead atoms. The molecule has 0 unspecified atom stereocenters. The molecule has 2 aromatic carbocycles. The number of alkyl halides is 3. The molecule has 2 nitrogen and oxygen atoms in total. The van der Waals surface area contributed by atoms with Crippen molar-refractivity contribution in [1.82, 2.24) is 0 Å². The highest BCUT2D eigenvalue weighted by molar-refractivity contribution is 7.91. The number of halogens is 3. The van der Waals surface area contributed by atoms with Gasteiger partial charge in [0.25, 0.3) is 0 Å². The number of hydrogen-bond donors (Lipinski definition) is 0. The molecule has 0 heterocycles. The average Bonchev–Trinajstić information content (AvgIpc) is 2.38. The van der Waals surface area contributed by atoms with Crippen LogP contribution in [0, 0.1) is 6.92 Å². The summed E-state index contributed by atoms with van der Waals surface area (Å²) in [7, 11) is -3.94. The molecule has 0 fully saturated rings. The maximum atomic E-state index is 12.8. The zero-order valence-electron chi connectivity index (χ0n) is 10.5. The van der Waals surface area contributed by atoms with Crippen molar-refractivity contribution < 1.29 is 21.6 Å². The summed E-state index contributed by atoms with van der Waals surface area (Å²) in [6.45, 7) is 1.29. The van der Waals surface area contributed by atoms with Gasteiger partial charge < -0.3 is 0 Å². The monoisotopic (exact) mass is 300 g/mol. The molecule has 0 aliphatic carbocycles. The molecule has 0 aliphatic rings. The molecule has 0 aromatic heterocycles. The van der Waals surface area contributed by atoms with Crippen LogP contribution in [0.1, 0.15) is 11.1 Å². The minimum Gasteiger partial charge on any atom is -0.219 e. The van der Waals surface area contributed by atoms with Crippen molar-refractivity contribution in [2.24, 2.45) is 0 Å². The van der Waals surface area contributed by atoms with E-state index < -0.39 is 21.6 Å². The molecule has 0 N–H and O–H groups in total. The summed E-state index contributed by atoms with van der Waals surface area (Å²) in [5.41, 5.74) is -0.945. The van der Waals surface area contributed by atoms with Gasteiger partial charge in [-0.3, -0.25) is 0 Å². The van der Waals surface area contributed by atoms with E-state index >= 15 is 0 Å². The molecular weight excluding hydrogens is 289 g/mol. The van der Waals surface area contributed by atoms with Gasteiger partial charge >= 0.3 is 6.18 Å². The average molecular weight is 300 g/mol. The molecule has 106 valence electrons. The van der Waals surface area contributed by atoms with Gasteiger partial charge in [0, 0.05) is 0 Å². The lowest BCUT2D eigenvalue weighted by Crippen LogP contribution is -2.10. The van der Waals surface area contributed by atoms with Crippen LogP contribution in [0.3, 0.4) is 0 Å². The van der Waals surface area contributed by atoms with Gasteiger partial charge in [-0.15, -0.1) is 0 Å². The molecule has 0 amide bonds. The molecule has 0 aliphatic heterocycles. The van der Waals surface area contributed by atoms with Crippen molar-refractivity contribution in [3.05, 3.63) is 59.7 Å². The lowest BCUT2D eigenvalue weighted by atomic mass is 10.1. The molecule has 2 aromatic rings. The molecular formula is C14H11F3O2S. The zero-order chi connectivity index (χ0) is 15.0. The first-order valence-corrected chi connectivity index (χ1v) is 7.19. The highest BCUT2D eigenvalue weighted by Gasteiger charge is 2.33. The van der Waals surface area contributed by atoms with Crippen LogP contribution < -0.4 is 0 Å². The van der Waals surface area contributed by atoms with Crippen LogP contribution in [0.25, 0.3) is 0 Å². The van der Waals surface area contributed by atoms with Crippen LogP contribution in [0.5, 0.6) is 0 Å². The van der Waals surface area contributed by atoms with Crippen molar-refractivity contribution in [3.63, 3.8) is 0 Å². The first-order chi connectivity index (χ1) is 9.23. The molecule has 6 heteroatoms. The van der Waals surface area contributed by atoms with Gasteiger partial charge in [-0.25, -0.2) is 8.42 Å². The van der Waals surface area contributed by atoms with E-state index in [2.05, 4.69) is 0 Å². The van der Waals surface area contributed by atoms with Crippen LogP contribution in [-0.4, -0.2) is 8.42 Å². The quantitative estimate of drug-likeness (QED) is 0.844. The Morgan fingerprint density at radius 2 is 1.50 bits per heavy atom. The smallest absolute Gasteiger partial charge is 0.219 e. The highest BCUT2D eigenvalue weighted by atomic mass is 32.2. The first-order valence-electron chi connectivity index (χ1n) is 5.71. The van der Waals surface area contributed by atoms with Crippen molar-refractivity contribution in [1.29, 1.82) is 0 Å². The van der Waals surface area contributed by atoms with E-state index in [-0.39, 0.29) is 15.4 Å². The van der Waals surface area contributed by atoms with Crippen molar-refractivity contribution in [3.8, 4) is 0 Å². The number of hydrogen-bond acceptors (Lipinski definition) is 2. The predicted molar refractivity (Wildman–Crippen MR) is 68.1 cm³/mol. The van der Waals surface area contributed by atoms with Crippen LogP contribution >= 0.6 is 0 Å². The fourth-order valence-corrected chi connectivity index (χ4v) is 3.12. The second-order valence-electron chi connectivity index (χ2n) is 4.29. The molecule has 0 atom stereocenters. The predicted octanol–water partition coefficient (Wildman–Crippen LogP) is 3.85. The lowest BCUT2D eigenvalue weighted by Gasteiger charge is -2.12. The molecule has 20 heavy (non-hydrogen) atoms. The van der Waals surface area contributed by atoms with Crippen molar-refractivity contribution in [2.75, 3.05) is 0 Å². The van der Waals surface area contributed by atoms with Gasteiger partial charge in [0.05, 0.1) is 15.4 Å². The Bertz CT molecular complexity index is 720. The lowest BCUT2D eigenvalue weighted by molar-refractivity contribution is -0.138. The third-order valence-electron chi connectivity index (χ3n) is 2.88. The van der Waals surface area contributed by atoms with E-state index in [1.165, 1.54) is 43.3 Å². The Morgan fingerprint density at radius 3 is 2.05 bits per heavy atom. The van der Waals surface area contributed by atoms with Crippen LogP contribution in [0.2, 0.25) is 0 Å². The largest absolute Gasteiger partial charge is 0.416 e.